The summed E-state index contributed by atoms with van der Waals surface area (Å²) in [7, 11) is 0. The summed E-state index contributed by atoms with van der Waals surface area (Å²) in [4.78, 5) is 0. The fourth-order valence-corrected chi connectivity index (χ4v) is 1.16. The number of hydrogen-bond donors (Lipinski definition) is 0. The van der Waals surface area contributed by atoms with Gasteiger partial charge in [-0.05, 0) is 18.2 Å². The molecule has 0 heterocycles. The molecule has 0 radical (unpaired) electrons. The highest BCUT2D eigenvalue weighted by atomic mass is 79.9. The van der Waals surface area contributed by atoms with Crippen molar-refractivity contribution < 1.29 is 8.78 Å². The second-order valence-electron chi connectivity index (χ2n) is 2.16. The van der Waals surface area contributed by atoms with Crippen LogP contribution in [0.3, 0.4) is 0 Å². The Morgan fingerprint density at radius 3 is 2.75 bits per heavy atom. The van der Waals surface area contributed by atoms with Gasteiger partial charge in [-0.2, -0.15) is 5.26 Å². The topological polar surface area (TPSA) is 23.8 Å². The van der Waals surface area contributed by atoms with Crippen LogP contribution >= 0.6 is 15.9 Å². The van der Waals surface area contributed by atoms with Gasteiger partial charge < -0.3 is 0 Å². The van der Waals surface area contributed by atoms with E-state index in [1.165, 1.54) is 18.2 Å². The Kier molecular flexibility index (Phi) is 2.77. The fraction of sp³-hybridized carbons (Fsp3) is 0.125. The van der Waals surface area contributed by atoms with Crippen molar-refractivity contribution in [1.82, 2.24) is 0 Å². The minimum absolute atomic E-state index is 0.230. The van der Waals surface area contributed by atoms with Crippen molar-refractivity contribution in [2.45, 2.75) is 6.17 Å². The monoisotopic (exact) mass is 231 g/mol. The number of hydrogen-bond acceptors (Lipinski definition) is 1. The van der Waals surface area contributed by atoms with Crippen molar-refractivity contribution in [2.75, 3.05) is 0 Å². The Balaban J connectivity index is 3.15. The summed E-state index contributed by atoms with van der Waals surface area (Å²) >= 11 is 3.05. The quantitative estimate of drug-likeness (QED) is 0.729. The van der Waals surface area contributed by atoms with Gasteiger partial charge >= 0.3 is 0 Å². The van der Waals surface area contributed by atoms with E-state index in [4.69, 9.17) is 5.26 Å². The van der Waals surface area contributed by atoms with E-state index in [0.717, 1.165) is 6.07 Å². The van der Waals surface area contributed by atoms with Crippen LogP contribution in [0.1, 0.15) is 11.7 Å². The van der Waals surface area contributed by atoms with Gasteiger partial charge in [-0.3, -0.25) is 0 Å². The molecule has 0 aliphatic rings. The highest BCUT2D eigenvalue weighted by Crippen LogP contribution is 2.23. The summed E-state index contributed by atoms with van der Waals surface area (Å²) in [5, 5.41) is 8.20. The smallest absolute Gasteiger partial charge is 0.214 e. The van der Waals surface area contributed by atoms with Crippen molar-refractivity contribution in [3.8, 4) is 6.07 Å². The molecule has 1 rings (SSSR count). The lowest BCUT2D eigenvalue weighted by Gasteiger charge is -2.01. The van der Waals surface area contributed by atoms with Crippen LogP contribution in [0, 0.1) is 17.1 Å². The summed E-state index contributed by atoms with van der Waals surface area (Å²) in [6.07, 6.45) is -1.90. The molecule has 1 unspecified atom stereocenters. The molecule has 62 valence electrons. The van der Waals surface area contributed by atoms with E-state index in [1.807, 2.05) is 0 Å². The molecule has 0 aliphatic carbocycles. The molecule has 0 aliphatic heterocycles. The van der Waals surface area contributed by atoms with Gasteiger partial charge in [0.05, 0.1) is 0 Å². The third-order valence-electron chi connectivity index (χ3n) is 1.34. The molecule has 4 heteroatoms. The maximum atomic E-state index is 12.8. The summed E-state index contributed by atoms with van der Waals surface area (Å²) < 4.78 is 26.0. The summed E-state index contributed by atoms with van der Waals surface area (Å²) in [5.41, 5.74) is -0.230. The Labute approximate surface area is 76.8 Å². The van der Waals surface area contributed by atoms with E-state index in [0.29, 0.717) is 4.47 Å². The third kappa shape index (κ3) is 1.80. The van der Waals surface area contributed by atoms with Crippen LogP contribution in [0.2, 0.25) is 0 Å². The van der Waals surface area contributed by atoms with Crippen molar-refractivity contribution >= 4 is 15.9 Å². The summed E-state index contributed by atoms with van der Waals surface area (Å²) in [6, 6.07) is 5.14. The molecule has 0 N–H and O–H groups in total. The Bertz CT molecular complexity index is 332. The van der Waals surface area contributed by atoms with Gasteiger partial charge in [0.25, 0.3) is 0 Å². The van der Waals surface area contributed by atoms with Crippen LogP contribution in [-0.2, 0) is 0 Å². The molecule has 1 aromatic rings. The van der Waals surface area contributed by atoms with Gasteiger partial charge in [-0.25, -0.2) is 8.78 Å². The van der Waals surface area contributed by atoms with Crippen LogP contribution in [0.25, 0.3) is 0 Å². The first-order valence-corrected chi connectivity index (χ1v) is 3.93. The lowest BCUT2D eigenvalue weighted by molar-refractivity contribution is 0.408. The minimum Gasteiger partial charge on any atom is -0.226 e. The van der Waals surface area contributed by atoms with Crippen molar-refractivity contribution in [3.63, 3.8) is 0 Å². The number of nitrogens with zero attached hydrogens (tertiary/aromatic N) is 1. The summed E-state index contributed by atoms with van der Waals surface area (Å²) in [5.74, 6) is -0.702. The van der Waals surface area contributed by atoms with Gasteiger partial charge in [-0.1, -0.05) is 15.9 Å². The highest BCUT2D eigenvalue weighted by molar-refractivity contribution is 9.10. The maximum Gasteiger partial charge on any atom is 0.214 e. The Morgan fingerprint density at radius 1 is 1.50 bits per heavy atom. The first-order valence-electron chi connectivity index (χ1n) is 3.14. The van der Waals surface area contributed by atoms with E-state index in [1.54, 1.807) is 0 Å². The molecule has 1 atom stereocenters. The zero-order chi connectivity index (χ0) is 9.14. The molecular formula is C8H4BrF2N. The average molecular weight is 232 g/mol. The predicted octanol–water partition coefficient (Wildman–Crippen LogP) is 3.12. The molecule has 12 heavy (non-hydrogen) atoms. The molecule has 1 nitrogen and oxygen atoms in total. The number of benzene rings is 1. The SMILES string of the molecule is N#CC(F)c1cc(Br)ccc1F. The van der Waals surface area contributed by atoms with Crippen LogP contribution in [0.4, 0.5) is 8.78 Å². The largest absolute Gasteiger partial charge is 0.226 e. The average Bonchev–Trinajstić information content (AvgIpc) is 2.08. The first-order chi connectivity index (χ1) is 5.65. The standard InChI is InChI=1S/C8H4BrF2N/c9-5-1-2-7(10)6(3-5)8(11)4-12/h1-3,8H. The first kappa shape index (κ1) is 9.14. The fourth-order valence-electron chi connectivity index (χ4n) is 0.778. The van der Waals surface area contributed by atoms with Gasteiger partial charge in [0.15, 0.2) is 0 Å². The van der Waals surface area contributed by atoms with Crippen LogP contribution in [0.5, 0.6) is 0 Å². The number of alkyl halides is 1. The van der Waals surface area contributed by atoms with Crippen molar-refractivity contribution in [2.24, 2.45) is 0 Å². The molecule has 0 spiro atoms. The molecular weight excluding hydrogens is 228 g/mol. The molecule has 0 saturated carbocycles. The van der Waals surface area contributed by atoms with Crippen LogP contribution in [0.15, 0.2) is 22.7 Å². The number of rotatable bonds is 1. The van der Waals surface area contributed by atoms with Gasteiger partial charge in [0, 0.05) is 10.0 Å². The second kappa shape index (κ2) is 3.63. The van der Waals surface area contributed by atoms with E-state index in [2.05, 4.69) is 15.9 Å². The molecule has 0 amide bonds. The maximum absolute atomic E-state index is 12.8. The van der Waals surface area contributed by atoms with E-state index < -0.39 is 12.0 Å². The third-order valence-corrected chi connectivity index (χ3v) is 1.84. The zero-order valence-electron chi connectivity index (χ0n) is 5.89. The molecule has 1 aromatic carbocycles. The zero-order valence-corrected chi connectivity index (χ0v) is 7.48. The minimum atomic E-state index is -1.90. The van der Waals surface area contributed by atoms with Gasteiger partial charge in [0.2, 0.25) is 6.17 Å². The van der Waals surface area contributed by atoms with Crippen LogP contribution < -0.4 is 0 Å². The second-order valence-corrected chi connectivity index (χ2v) is 3.07. The van der Waals surface area contributed by atoms with Crippen molar-refractivity contribution in [1.29, 1.82) is 5.26 Å². The van der Waals surface area contributed by atoms with Crippen molar-refractivity contribution in [3.05, 3.63) is 34.1 Å². The lowest BCUT2D eigenvalue weighted by atomic mass is 10.1. The Morgan fingerprint density at radius 2 is 2.17 bits per heavy atom. The molecule has 0 fully saturated rings. The van der Waals surface area contributed by atoms with E-state index in [-0.39, 0.29) is 5.56 Å². The number of nitriles is 1. The highest BCUT2D eigenvalue weighted by Gasteiger charge is 2.13. The predicted molar refractivity (Wildman–Crippen MR) is 43.6 cm³/mol. The van der Waals surface area contributed by atoms with Crippen LogP contribution in [-0.4, -0.2) is 0 Å². The van der Waals surface area contributed by atoms with Gasteiger partial charge in [0.1, 0.15) is 11.9 Å². The molecule has 0 aromatic heterocycles. The molecule has 0 saturated heterocycles. The van der Waals surface area contributed by atoms with E-state index in [9.17, 15) is 8.78 Å². The molecule has 0 bridgehead atoms. The summed E-state index contributed by atoms with van der Waals surface area (Å²) in [6.45, 7) is 0. The van der Waals surface area contributed by atoms with Gasteiger partial charge in [-0.15, -0.1) is 0 Å². The lowest BCUT2D eigenvalue weighted by Crippen LogP contribution is -1.92. The normalized spacial score (nSPS) is 12.2. The number of halogens is 3. The Hall–Kier alpha value is -0.950. The van der Waals surface area contributed by atoms with E-state index >= 15 is 0 Å².